The second-order valence-electron chi connectivity index (χ2n) is 5.22. The van der Waals surface area contributed by atoms with Crippen molar-refractivity contribution in [1.82, 2.24) is 0 Å². The van der Waals surface area contributed by atoms with E-state index in [1.807, 2.05) is 62.4 Å². The smallest absolute Gasteiger partial charge is 0.119 e. The molecular weight excluding hydrogens is 236 g/mol. The molecule has 3 N–H and O–H groups in total. The molecule has 0 amide bonds. The Bertz CT molecular complexity index is 501. The van der Waals surface area contributed by atoms with Gasteiger partial charge in [-0.2, -0.15) is 0 Å². The van der Waals surface area contributed by atoms with Crippen LogP contribution in [0.1, 0.15) is 13.8 Å². The number of hydrogen-bond acceptors (Lipinski definition) is 3. The SMILES string of the molecule is CC(C)(N)COc1ccc(Nc2cc[c]cc2)cc1. The lowest BCUT2D eigenvalue weighted by Crippen LogP contribution is -2.38. The second-order valence-corrected chi connectivity index (χ2v) is 5.22. The van der Waals surface area contributed by atoms with E-state index in [0.29, 0.717) is 6.61 Å². The minimum Gasteiger partial charge on any atom is -0.492 e. The minimum absolute atomic E-state index is 0.322. The molecule has 0 fully saturated rings. The molecule has 2 aromatic rings. The first-order chi connectivity index (χ1) is 9.03. The summed E-state index contributed by atoms with van der Waals surface area (Å²) in [5, 5.41) is 3.30. The van der Waals surface area contributed by atoms with Gasteiger partial charge >= 0.3 is 0 Å². The highest BCUT2D eigenvalue weighted by Gasteiger charge is 2.11. The minimum atomic E-state index is -0.322. The van der Waals surface area contributed by atoms with E-state index in [1.54, 1.807) is 0 Å². The van der Waals surface area contributed by atoms with Gasteiger partial charge in [0.25, 0.3) is 0 Å². The largest absolute Gasteiger partial charge is 0.492 e. The monoisotopic (exact) mass is 255 g/mol. The fourth-order valence-corrected chi connectivity index (χ4v) is 1.54. The Morgan fingerprint density at radius 3 is 2.21 bits per heavy atom. The molecule has 0 aliphatic heterocycles. The van der Waals surface area contributed by atoms with Crippen LogP contribution >= 0.6 is 0 Å². The van der Waals surface area contributed by atoms with Crippen LogP contribution in [-0.2, 0) is 0 Å². The van der Waals surface area contributed by atoms with Crippen molar-refractivity contribution in [2.75, 3.05) is 11.9 Å². The summed E-state index contributed by atoms with van der Waals surface area (Å²) in [5.41, 5.74) is 7.61. The third kappa shape index (κ3) is 4.64. The third-order valence-corrected chi connectivity index (χ3v) is 2.47. The highest BCUT2D eigenvalue weighted by molar-refractivity contribution is 5.59. The van der Waals surface area contributed by atoms with E-state index in [4.69, 9.17) is 10.5 Å². The summed E-state index contributed by atoms with van der Waals surface area (Å²) in [5.74, 6) is 0.825. The molecule has 2 aromatic carbocycles. The molecule has 0 unspecified atom stereocenters. The number of rotatable bonds is 5. The molecule has 99 valence electrons. The van der Waals surface area contributed by atoms with Crippen LogP contribution in [0.3, 0.4) is 0 Å². The molecule has 3 heteroatoms. The molecule has 0 aromatic heterocycles. The summed E-state index contributed by atoms with van der Waals surface area (Å²) in [7, 11) is 0. The highest BCUT2D eigenvalue weighted by atomic mass is 16.5. The molecule has 3 nitrogen and oxygen atoms in total. The van der Waals surface area contributed by atoms with Gasteiger partial charge in [-0.15, -0.1) is 0 Å². The molecule has 0 saturated heterocycles. The van der Waals surface area contributed by atoms with Gasteiger partial charge in [0.2, 0.25) is 0 Å². The van der Waals surface area contributed by atoms with Crippen molar-refractivity contribution in [1.29, 1.82) is 0 Å². The number of anilines is 2. The van der Waals surface area contributed by atoms with Crippen LogP contribution in [-0.4, -0.2) is 12.1 Å². The Labute approximate surface area is 114 Å². The van der Waals surface area contributed by atoms with E-state index in [-0.39, 0.29) is 5.54 Å². The van der Waals surface area contributed by atoms with Crippen LogP contribution in [0.25, 0.3) is 0 Å². The van der Waals surface area contributed by atoms with Crippen molar-refractivity contribution in [2.24, 2.45) is 5.73 Å². The normalized spacial score (nSPS) is 11.1. The van der Waals surface area contributed by atoms with Gasteiger partial charge in [-0.25, -0.2) is 0 Å². The van der Waals surface area contributed by atoms with Gasteiger partial charge in [0.05, 0.1) is 0 Å². The predicted octanol–water partition coefficient (Wildman–Crippen LogP) is 3.35. The summed E-state index contributed by atoms with van der Waals surface area (Å²) >= 11 is 0. The van der Waals surface area contributed by atoms with Crippen LogP contribution in [0.5, 0.6) is 5.75 Å². The first-order valence-electron chi connectivity index (χ1n) is 6.28. The van der Waals surface area contributed by atoms with Crippen molar-refractivity contribution >= 4 is 11.4 Å². The first kappa shape index (κ1) is 13.4. The van der Waals surface area contributed by atoms with Crippen molar-refractivity contribution in [3.8, 4) is 5.75 Å². The molecule has 19 heavy (non-hydrogen) atoms. The fourth-order valence-electron chi connectivity index (χ4n) is 1.54. The molecule has 0 atom stereocenters. The quantitative estimate of drug-likeness (QED) is 0.861. The van der Waals surface area contributed by atoms with Gasteiger partial charge in [0.1, 0.15) is 12.4 Å². The van der Waals surface area contributed by atoms with Crippen LogP contribution < -0.4 is 15.8 Å². The number of nitrogens with one attached hydrogen (secondary N) is 1. The van der Waals surface area contributed by atoms with Gasteiger partial charge in [0.15, 0.2) is 0 Å². The van der Waals surface area contributed by atoms with E-state index in [2.05, 4.69) is 11.4 Å². The maximum Gasteiger partial charge on any atom is 0.119 e. The van der Waals surface area contributed by atoms with Crippen LogP contribution in [0.4, 0.5) is 11.4 Å². The molecule has 0 aliphatic carbocycles. The van der Waals surface area contributed by atoms with Gasteiger partial charge in [-0.05, 0) is 56.3 Å². The maximum atomic E-state index is 5.88. The number of benzene rings is 2. The van der Waals surface area contributed by atoms with Crippen molar-refractivity contribution in [3.63, 3.8) is 0 Å². The fraction of sp³-hybridized carbons (Fsp3) is 0.250. The molecule has 0 heterocycles. The van der Waals surface area contributed by atoms with E-state index < -0.39 is 0 Å². The molecule has 0 aliphatic rings. The molecule has 0 spiro atoms. The average Bonchev–Trinajstić information content (AvgIpc) is 2.38. The maximum absolute atomic E-state index is 5.88. The van der Waals surface area contributed by atoms with Gasteiger partial charge in [-0.3, -0.25) is 0 Å². The number of ether oxygens (including phenoxy) is 1. The zero-order chi connectivity index (χ0) is 13.7. The summed E-state index contributed by atoms with van der Waals surface area (Å²) in [6, 6.07) is 18.5. The van der Waals surface area contributed by atoms with Crippen LogP contribution in [0, 0.1) is 6.07 Å². The molecular formula is C16H19N2O. The highest BCUT2D eigenvalue weighted by Crippen LogP contribution is 2.20. The standard InChI is InChI=1S/C16H19N2O/c1-16(2,17)12-19-15-10-8-14(9-11-15)18-13-6-4-3-5-7-13/h4-11,18H,12,17H2,1-2H3. The molecule has 0 saturated carbocycles. The zero-order valence-electron chi connectivity index (χ0n) is 11.3. The summed E-state index contributed by atoms with van der Waals surface area (Å²) in [6.07, 6.45) is 0. The topological polar surface area (TPSA) is 47.3 Å². The lowest BCUT2D eigenvalue weighted by molar-refractivity contribution is 0.243. The van der Waals surface area contributed by atoms with Gasteiger partial charge in [-0.1, -0.05) is 12.1 Å². The summed E-state index contributed by atoms with van der Waals surface area (Å²) in [4.78, 5) is 0. The Balaban J connectivity index is 1.95. The lowest BCUT2D eigenvalue weighted by atomic mass is 10.1. The Morgan fingerprint density at radius 1 is 1.05 bits per heavy atom. The van der Waals surface area contributed by atoms with Crippen LogP contribution in [0.15, 0.2) is 48.5 Å². The summed E-state index contributed by atoms with van der Waals surface area (Å²) in [6.45, 7) is 4.37. The van der Waals surface area contributed by atoms with E-state index >= 15 is 0 Å². The van der Waals surface area contributed by atoms with Gasteiger partial charge < -0.3 is 15.8 Å². The van der Waals surface area contributed by atoms with Crippen LogP contribution in [0.2, 0.25) is 0 Å². The van der Waals surface area contributed by atoms with Crippen molar-refractivity contribution in [3.05, 3.63) is 54.6 Å². The van der Waals surface area contributed by atoms with Crippen molar-refractivity contribution < 1.29 is 4.74 Å². The lowest BCUT2D eigenvalue weighted by Gasteiger charge is -2.19. The Morgan fingerprint density at radius 2 is 1.63 bits per heavy atom. The van der Waals surface area contributed by atoms with E-state index in [1.165, 1.54) is 0 Å². The molecule has 1 radical (unpaired) electrons. The Kier molecular flexibility index (Phi) is 4.07. The zero-order valence-corrected chi connectivity index (χ0v) is 11.3. The Hall–Kier alpha value is -2.00. The summed E-state index contributed by atoms with van der Waals surface area (Å²) < 4.78 is 5.62. The van der Waals surface area contributed by atoms with E-state index in [0.717, 1.165) is 17.1 Å². The second kappa shape index (κ2) is 5.76. The number of nitrogens with two attached hydrogens (primary N) is 1. The van der Waals surface area contributed by atoms with Gasteiger partial charge in [0, 0.05) is 16.9 Å². The first-order valence-corrected chi connectivity index (χ1v) is 6.28. The third-order valence-electron chi connectivity index (χ3n) is 2.47. The number of hydrogen-bond donors (Lipinski definition) is 2. The predicted molar refractivity (Wildman–Crippen MR) is 78.8 cm³/mol. The molecule has 0 bridgehead atoms. The van der Waals surface area contributed by atoms with Crippen molar-refractivity contribution in [2.45, 2.75) is 19.4 Å². The molecule has 2 rings (SSSR count). The average molecular weight is 255 g/mol. The van der Waals surface area contributed by atoms with E-state index in [9.17, 15) is 0 Å².